The zero-order valence-corrected chi connectivity index (χ0v) is 36.0. The van der Waals surface area contributed by atoms with E-state index in [1.807, 2.05) is 0 Å². The number of aliphatic hydroxyl groups excluding tert-OH is 1. The van der Waals surface area contributed by atoms with Crippen LogP contribution >= 0.6 is 17.2 Å². The Morgan fingerprint density at radius 1 is 0.456 bits per heavy atom. The Balaban J connectivity index is 0.000000691. The molecule has 0 bridgehead atoms. The van der Waals surface area contributed by atoms with Gasteiger partial charge in [0.2, 0.25) is 0 Å². The number of aliphatic hydroxyl groups is 1. The standard InChI is InChI=1S/2C12H11P.2C6F5.C5H11O2.Pd.Pt/c2*1-3-7-11(8-4-1)13-12-9-5-2-6-10-12;2*7-2-1-3(8)5(10)6(11)4(2)9;1-4(6)3-5(2)7;;/h2*1-10,13H;;;4-6H,3H2,1-2H3;;/q;;3*-1;;+2/p+2. The van der Waals surface area contributed by atoms with Crippen LogP contribution in [0.4, 0.5) is 43.9 Å². The minimum absolute atomic E-state index is 0. The normalized spacial score (nSPS) is 10.8. The first-order chi connectivity index (χ1) is 26.1. The minimum atomic E-state index is -2.17. The van der Waals surface area contributed by atoms with Crippen LogP contribution in [0, 0.1) is 70.3 Å². The zero-order valence-electron chi connectivity index (χ0n) is 29.8. The van der Waals surface area contributed by atoms with Gasteiger partial charge in [-0.2, -0.15) is 0 Å². The van der Waals surface area contributed by atoms with Crippen LogP contribution in [0.2, 0.25) is 0 Å². The number of rotatable bonds is 6. The Labute approximate surface area is 356 Å². The van der Waals surface area contributed by atoms with Gasteiger partial charge in [0.15, 0.2) is 0 Å². The summed E-state index contributed by atoms with van der Waals surface area (Å²) in [6.07, 6.45) is -0.701. The smallest absolute Gasteiger partial charge is 0.852 e. The van der Waals surface area contributed by atoms with E-state index >= 15 is 0 Å². The molecule has 0 heterocycles. The topological polar surface area (TPSA) is 43.3 Å². The fourth-order valence-electron chi connectivity index (χ4n) is 4.05. The third-order valence-electron chi connectivity index (χ3n) is 6.52. The van der Waals surface area contributed by atoms with Crippen molar-refractivity contribution in [2.24, 2.45) is 0 Å². The number of hydrogen-bond donors (Lipinski definition) is 1. The predicted molar refractivity (Wildman–Crippen MR) is 200 cm³/mol. The van der Waals surface area contributed by atoms with Gasteiger partial charge in [0, 0.05) is 20.4 Å². The van der Waals surface area contributed by atoms with Gasteiger partial charge in [-0.1, -0.05) is 79.7 Å². The fraction of sp³-hybridized carbons (Fsp3) is 0.122. The van der Waals surface area contributed by atoms with Crippen LogP contribution in [0.1, 0.15) is 20.3 Å². The molecule has 2 unspecified atom stereocenters. The maximum Gasteiger partial charge on any atom is 2.00 e. The largest absolute Gasteiger partial charge is 2.00 e. The molecule has 1 N–H and O–H groups in total. The predicted octanol–water partition coefficient (Wildman–Crippen LogP) is 7.96. The van der Waals surface area contributed by atoms with Gasteiger partial charge in [-0.25, -0.2) is 26.3 Å². The second-order valence-corrected chi connectivity index (χ2v) is 14.5. The van der Waals surface area contributed by atoms with E-state index in [1.54, 1.807) is 13.8 Å². The molecule has 6 aromatic rings. The van der Waals surface area contributed by atoms with Crippen LogP contribution in [0.3, 0.4) is 0 Å². The molecule has 0 saturated heterocycles. The molecule has 16 heteroatoms. The second-order valence-electron chi connectivity index (χ2n) is 11.2. The Morgan fingerprint density at radius 2 is 0.667 bits per heavy atom. The quantitative estimate of drug-likeness (QED) is 0.0460. The van der Waals surface area contributed by atoms with Gasteiger partial charge >= 0.3 is 21.1 Å². The molecule has 6 aromatic carbocycles. The van der Waals surface area contributed by atoms with E-state index in [2.05, 4.69) is 121 Å². The Morgan fingerprint density at radius 3 is 0.825 bits per heavy atom. The van der Waals surface area contributed by atoms with Gasteiger partial charge in [-0.15, -0.1) is 18.2 Å². The summed E-state index contributed by atoms with van der Waals surface area (Å²) in [5.74, 6) is -20.1. The zero-order chi connectivity index (χ0) is 40.9. The molecular weight excluding hydrogens is 1080 g/mol. The summed E-state index contributed by atoms with van der Waals surface area (Å²) in [5.41, 5.74) is 0. The molecule has 0 saturated carbocycles. The first-order valence-electron chi connectivity index (χ1n) is 16.2. The average molecular weight is 1110 g/mol. The third kappa shape index (κ3) is 20.8. The molecular formula is C41H35F10O2P2PdPt+. The van der Waals surface area contributed by atoms with Crippen molar-refractivity contribution >= 4 is 38.4 Å². The van der Waals surface area contributed by atoms with E-state index < -0.39 is 70.4 Å². The summed E-state index contributed by atoms with van der Waals surface area (Å²) in [6, 6.07) is 44.7. The Bertz CT molecular complexity index is 1730. The number of hydrogen-bond acceptors (Lipinski definition) is 2. The molecule has 0 radical (unpaired) electrons. The molecule has 0 fully saturated rings. The van der Waals surface area contributed by atoms with Crippen LogP contribution in [0.5, 0.6) is 0 Å². The van der Waals surface area contributed by atoms with Gasteiger partial charge in [0.25, 0.3) is 0 Å². The third-order valence-corrected chi connectivity index (χ3v) is 9.39. The van der Waals surface area contributed by atoms with Crippen molar-refractivity contribution in [1.82, 2.24) is 0 Å². The molecule has 0 amide bonds. The van der Waals surface area contributed by atoms with Crippen LogP contribution < -0.4 is 26.3 Å². The molecule has 0 aliphatic carbocycles. The van der Waals surface area contributed by atoms with E-state index in [0.29, 0.717) is 6.42 Å². The first-order valence-corrected chi connectivity index (χ1v) is 18.5. The molecule has 2 atom stereocenters. The van der Waals surface area contributed by atoms with Crippen molar-refractivity contribution in [3.63, 3.8) is 0 Å². The molecule has 0 aliphatic rings. The molecule has 0 spiro atoms. The number of benzene rings is 6. The summed E-state index contributed by atoms with van der Waals surface area (Å²) < 4.78 is 120. The molecule has 0 aromatic heterocycles. The van der Waals surface area contributed by atoms with Crippen LogP contribution in [0.25, 0.3) is 0 Å². The van der Waals surface area contributed by atoms with Crippen molar-refractivity contribution in [3.05, 3.63) is 192 Å². The van der Waals surface area contributed by atoms with Gasteiger partial charge in [-0.05, 0) is 61.9 Å². The van der Waals surface area contributed by atoms with Crippen LogP contribution in [-0.2, 0) is 41.5 Å². The van der Waals surface area contributed by atoms with E-state index in [9.17, 15) is 49.0 Å². The molecule has 0 aliphatic heterocycles. The number of halogens is 10. The summed E-state index contributed by atoms with van der Waals surface area (Å²) in [4.78, 5) is 0. The van der Waals surface area contributed by atoms with Crippen molar-refractivity contribution in [2.45, 2.75) is 32.5 Å². The molecule has 57 heavy (non-hydrogen) atoms. The van der Waals surface area contributed by atoms with Gasteiger partial charge in [0.1, 0.15) is 0 Å². The SMILES string of the molecule is CC([O-])CC(C)O.Fc1[c-]c(F)c(F)c(F)c1F.Fc1[c-]c(F)c(F)c(F)c1F.[Pd].[Pt+2].c1ccc([PH2+]c2ccccc2)cc1.c1ccc([PH2+]c2ccccc2)cc1. The molecule has 310 valence electrons. The van der Waals surface area contributed by atoms with Gasteiger partial charge in [0.05, 0.1) is 103 Å². The second kappa shape index (κ2) is 29.0. The average Bonchev–Trinajstić information content (AvgIpc) is 3.17. The van der Waals surface area contributed by atoms with Crippen molar-refractivity contribution in [2.75, 3.05) is 0 Å². The van der Waals surface area contributed by atoms with E-state index in [0.717, 1.165) is 12.1 Å². The Kier molecular flexibility index (Phi) is 27.4. The van der Waals surface area contributed by atoms with Gasteiger partial charge in [-0.3, -0.25) is 17.6 Å². The first kappa shape index (κ1) is 53.8. The summed E-state index contributed by atoms with van der Waals surface area (Å²) in [5, 5.41) is 24.5. The minimum Gasteiger partial charge on any atom is -0.852 e. The Hall–Kier alpha value is -3.25. The van der Waals surface area contributed by atoms with E-state index in [-0.39, 0.29) is 58.6 Å². The molecule has 6 rings (SSSR count). The summed E-state index contributed by atoms with van der Waals surface area (Å²) in [7, 11) is 0.543. The van der Waals surface area contributed by atoms with Crippen molar-refractivity contribution in [3.8, 4) is 0 Å². The van der Waals surface area contributed by atoms with Crippen molar-refractivity contribution < 1.29 is 95.6 Å². The summed E-state index contributed by atoms with van der Waals surface area (Å²) in [6.45, 7) is 3.17. The van der Waals surface area contributed by atoms with Gasteiger partial charge < -0.3 is 10.2 Å². The van der Waals surface area contributed by atoms with E-state index in [4.69, 9.17) is 5.11 Å². The monoisotopic (exact) mass is 1110 g/mol. The maximum atomic E-state index is 12.0. The molecule has 2 nitrogen and oxygen atoms in total. The maximum absolute atomic E-state index is 12.0. The van der Waals surface area contributed by atoms with Crippen LogP contribution in [0.15, 0.2) is 121 Å². The summed E-state index contributed by atoms with van der Waals surface area (Å²) >= 11 is 0. The van der Waals surface area contributed by atoms with Crippen LogP contribution in [-0.4, -0.2) is 17.3 Å². The van der Waals surface area contributed by atoms with E-state index in [1.165, 1.54) is 21.2 Å². The van der Waals surface area contributed by atoms with Crippen molar-refractivity contribution in [1.29, 1.82) is 0 Å². The fourth-order valence-corrected chi connectivity index (χ4v) is 6.48.